The maximum atomic E-state index is 13.6. The molecule has 0 radical (unpaired) electrons. The number of benzene rings is 3. The Morgan fingerprint density at radius 3 is 2.34 bits per heavy atom. The third-order valence-electron chi connectivity index (χ3n) is 8.10. The molecular weight excluding hydrogens is 620 g/mol. The molecule has 3 amide bonds. The van der Waals surface area contributed by atoms with Crippen LogP contribution in [-0.4, -0.2) is 74.7 Å². The van der Waals surface area contributed by atoms with Gasteiger partial charge in [0.15, 0.2) is 6.29 Å². The average molecular weight is 663 g/mol. The summed E-state index contributed by atoms with van der Waals surface area (Å²) in [5, 5.41) is 11.8. The van der Waals surface area contributed by atoms with E-state index in [1.54, 1.807) is 38.1 Å². The molecule has 0 saturated carbocycles. The van der Waals surface area contributed by atoms with Crippen LogP contribution in [0.1, 0.15) is 37.8 Å². The molecule has 0 spiro atoms. The number of nitrogens with one attached hydrogen (secondary N) is 4. The Labute approximate surface area is 275 Å². The number of carbonyl (C=O) groups excluding carboxylic acids is 3. The zero-order valence-corrected chi connectivity index (χ0v) is 27.6. The number of rotatable bonds is 11. The number of nitrogens with zero attached hydrogens (tertiary/aromatic N) is 2. The van der Waals surface area contributed by atoms with Gasteiger partial charge in [-0.15, -0.1) is 0 Å². The van der Waals surface area contributed by atoms with Gasteiger partial charge in [-0.2, -0.15) is 4.31 Å². The lowest BCUT2D eigenvalue weighted by Gasteiger charge is -2.27. The first kappa shape index (κ1) is 33.9. The van der Waals surface area contributed by atoms with Crippen LogP contribution in [0.2, 0.25) is 0 Å². The van der Waals surface area contributed by atoms with Gasteiger partial charge in [-0.3, -0.25) is 10.1 Å². The summed E-state index contributed by atoms with van der Waals surface area (Å²) in [6.07, 6.45) is 0.193. The summed E-state index contributed by atoms with van der Waals surface area (Å²) in [6.45, 7) is 6.88. The molecule has 4 N–H and O–H groups in total. The maximum Gasteiger partial charge on any atom is 0.329 e. The molecule has 0 aliphatic carbocycles. The van der Waals surface area contributed by atoms with Gasteiger partial charge < -0.3 is 25.6 Å². The fourth-order valence-corrected chi connectivity index (χ4v) is 7.41. The molecule has 1 unspecified atom stereocenters. The fourth-order valence-electron chi connectivity index (χ4n) is 5.75. The largest absolute Gasteiger partial charge is 0.461 e. The lowest BCUT2D eigenvalue weighted by atomic mass is 10.0. The first-order chi connectivity index (χ1) is 22.5. The number of anilines is 2. The zero-order valence-electron chi connectivity index (χ0n) is 26.8. The van der Waals surface area contributed by atoms with Crippen molar-refractivity contribution in [2.75, 3.05) is 29.9 Å². The summed E-state index contributed by atoms with van der Waals surface area (Å²) in [4.78, 5) is 41.5. The summed E-state index contributed by atoms with van der Waals surface area (Å²) in [5.74, 6) is -1.13. The van der Waals surface area contributed by atoms with Crippen molar-refractivity contribution < 1.29 is 27.5 Å². The summed E-state index contributed by atoms with van der Waals surface area (Å²) >= 11 is 0. The molecule has 2 heterocycles. The molecule has 0 bridgehead atoms. The summed E-state index contributed by atoms with van der Waals surface area (Å²) in [5.41, 5.74) is 3.25. The van der Waals surface area contributed by atoms with Gasteiger partial charge in [-0.1, -0.05) is 48.0 Å². The van der Waals surface area contributed by atoms with Crippen molar-refractivity contribution in [3.8, 4) is 0 Å². The summed E-state index contributed by atoms with van der Waals surface area (Å²) in [7, 11) is -3.91. The first-order valence-corrected chi connectivity index (χ1v) is 17.3. The molecule has 2 aliphatic heterocycles. The highest BCUT2D eigenvalue weighted by molar-refractivity contribution is 7.89. The van der Waals surface area contributed by atoms with Crippen molar-refractivity contribution in [3.05, 3.63) is 90.0 Å². The number of ether oxygens (including phenoxy) is 1. The molecule has 47 heavy (non-hydrogen) atoms. The van der Waals surface area contributed by atoms with E-state index in [0.29, 0.717) is 31.6 Å². The SMILES string of the molecule is Cc1ccc(S(=O)(=O)N2CCC[C@H]2C(=O)N[C@@H](Cc2ccc(N3CCNC3NC(=O)Nc3ccccc3)cc2)C(=O)OC(C)C)cc1. The number of carbonyl (C=O) groups is 3. The molecule has 5 rings (SSSR count). The Kier molecular flexibility index (Phi) is 10.8. The first-order valence-electron chi connectivity index (χ1n) is 15.8. The molecule has 3 aromatic carbocycles. The molecule has 0 aromatic heterocycles. The van der Waals surface area contributed by atoms with Gasteiger partial charge >= 0.3 is 12.0 Å². The van der Waals surface area contributed by atoms with Crippen molar-refractivity contribution in [3.63, 3.8) is 0 Å². The summed E-state index contributed by atoms with van der Waals surface area (Å²) < 4.78 is 33.6. The van der Waals surface area contributed by atoms with Crippen LogP contribution in [-0.2, 0) is 30.8 Å². The van der Waals surface area contributed by atoms with Gasteiger partial charge in [0.2, 0.25) is 15.9 Å². The molecule has 3 atom stereocenters. The highest BCUT2D eigenvalue weighted by Gasteiger charge is 2.40. The number of hydrogen-bond donors (Lipinski definition) is 4. The molecule has 2 saturated heterocycles. The zero-order chi connectivity index (χ0) is 33.6. The second kappa shape index (κ2) is 15.0. The number of urea groups is 1. The van der Waals surface area contributed by atoms with Gasteiger partial charge in [0.05, 0.1) is 11.0 Å². The Balaban J connectivity index is 1.25. The van der Waals surface area contributed by atoms with Gasteiger partial charge in [0.25, 0.3) is 0 Å². The van der Waals surface area contributed by atoms with Crippen LogP contribution in [0.5, 0.6) is 0 Å². The van der Waals surface area contributed by atoms with Gasteiger partial charge in [-0.25, -0.2) is 18.0 Å². The second-order valence-corrected chi connectivity index (χ2v) is 13.9. The number of sulfonamides is 1. The Morgan fingerprint density at radius 2 is 1.66 bits per heavy atom. The quantitative estimate of drug-likeness (QED) is 0.229. The normalized spacial score (nSPS) is 18.9. The topological polar surface area (TPSA) is 149 Å². The smallest absolute Gasteiger partial charge is 0.329 e. The van der Waals surface area contributed by atoms with E-state index in [2.05, 4.69) is 21.3 Å². The van der Waals surface area contributed by atoms with E-state index in [1.165, 1.54) is 4.31 Å². The van der Waals surface area contributed by atoms with E-state index in [0.717, 1.165) is 16.8 Å². The van der Waals surface area contributed by atoms with Gasteiger partial charge in [0, 0.05) is 37.4 Å². The number of aryl methyl sites for hydroxylation is 1. The number of para-hydroxylation sites is 1. The fraction of sp³-hybridized carbons (Fsp3) is 0.382. The Hall–Kier alpha value is -4.46. The van der Waals surface area contributed by atoms with Crippen LogP contribution in [0.3, 0.4) is 0 Å². The Bertz CT molecular complexity index is 1650. The van der Waals surface area contributed by atoms with Crippen molar-refractivity contribution in [1.82, 2.24) is 20.3 Å². The lowest BCUT2D eigenvalue weighted by molar-refractivity contribution is -0.151. The lowest BCUT2D eigenvalue weighted by Crippen LogP contribution is -2.52. The van der Waals surface area contributed by atoms with Crippen LogP contribution < -0.4 is 26.2 Å². The number of amides is 3. The minimum Gasteiger partial charge on any atom is -0.461 e. The van der Waals surface area contributed by atoms with Crippen molar-refractivity contribution in [2.24, 2.45) is 0 Å². The highest BCUT2D eigenvalue weighted by Crippen LogP contribution is 2.27. The number of esters is 1. The van der Waals surface area contributed by atoms with Crippen LogP contribution in [0.4, 0.5) is 16.2 Å². The molecule has 2 fully saturated rings. The molecule has 250 valence electrons. The average Bonchev–Trinajstić information content (AvgIpc) is 3.72. The molecule has 3 aromatic rings. The Morgan fingerprint density at radius 1 is 0.957 bits per heavy atom. The highest BCUT2D eigenvalue weighted by atomic mass is 32.2. The van der Waals surface area contributed by atoms with Crippen molar-refractivity contribution in [1.29, 1.82) is 0 Å². The standard InChI is InChI=1S/C34H42N6O6S/c1-23(2)46-32(42)29(37-31(41)30-10-7-20-40(30)47(44,45)28-17-11-24(3)12-18-28)22-25-13-15-27(16-14-25)39-21-19-35-33(39)38-34(43)36-26-8-5-4-6-9-26/h4-6,8-9,11-18,23,29-30,33,35H,7,10,19-22H2,1-3H3,(H,37,41)(H2,36,38,43)/t29-,30-,33?/m0/s1. The van der Waals surface area contributed by atoms with Crippen molar-refractivity contribution in [2.45, 2.75) is 69.4 Å². The third kappa shape index (κ3) is 8.47. The number of hydrogen-bond acceptors (Lipinski definition) is 8. The minimum absolute atomic E-state index is 0.126. The molecule has 12 nitrogen and oxygen atoms in total. The molecule has 2 aliphatic rings. The van der Waals surface area contributed by atoms with Gasteiger partial charge in [0.1, 0.15) is 12.1 Å². The van der Waals surface area contributed by atoms with E-state index in [9.17, 15) is 22.8 Å². The molecule has 13 heteroatoms. The van der Waals surface area contributed by atoms with E-state index in [4.69, 9.17) is 4.74 Å². The third-order valence-corrected chi connectivity index (χ3v) is 10.0. The maximum absolute atomic E-state index is 13.6. The predicted octanol–water partition coefficient (Wildman–Crippen LogP) is 3.34. The monoisotopic (exact) mass is 662 g/mol. The van der Waals surface area contributed by atoms with Gasteiger partial charge in [-0.05, 0) is 75.6 Å². The second-order valence-electron chi connectivity index (χ2n) is 12.0. The van der Waals surface area contributed by atoms with Crippen LogP contribution >= 0.6 is 0 Å². The van der Waals surface area contributed by atoms with E-state index >= 15 is 0 Å². The van der Waals surface area contributed by atoms with E-state index in [1.807, 2.05) is 66.4 Å². The van der Waals surface area contributed by atoms with E-state index < -0.39 is 46.4 Å². The van der Waals surface area contributed by atoms with Crippen LogP contribution in [0.25, 0.3) is 0 Å². The predicted molar refractivity (Wildman–Crippen MR) is 179 cm³/mol. The van der Waals surface area contributed by atoms with Crippen LogP contribution in [0, 0.1) is 6.92 Å². The summed E-state index contributed by atoms with van der Waals surface area (Å²) in [6, 6.07) is 20.9. The molecular formula is C34H42N6O6S. The van der Waals surface area contributed by atoms with Crippen molar-refractivity contribution >= 4 is 39.3 Å². The van der Waals surface area contributed by atoms with Crippen LogP contribution in [0.15, 0.2) is 83.8 Å². The van der Waals surface area contributed by atoms with E-state index in [-0.39, 0.29) is 23.9 Å². The minimum atomic E-state index is -3.91.